The molecule has 208 valence electrons. The lowest BCUT2D eigenvalue weighted by Crippen LogP contribution is -2.44. The average molecular weight is 583 g/mol. The summed E-state index contributed by atoms with van der Waals surface area (Å²) in [6.07, 6.45) is 8.71. The smallest absolute Gasteiger partial charge is 0.216 e. The Labute approximate surface area is 257 Å². The van der Waals surface area contributed by atoms with Crippen LogP contribution in [0.1, 0.15) is 12.7 Å². The molecule has 0 saturated carbocycles. The third kappa shape index (κ3) is 3.12. The summed E-state index contributed by atoms with van der Waals surface area (Å²) >= 11 is 1.87. The van der Waals surface area contributed by atoms with Crippen LogP contribution in [0.2, 0.25) is 0 Å². The molecule has 0 fully saturated rings. The van der Waals surface area contributed by atoms with E-state index in [-0.39, 0.29) is 11.5 Å². The topological polar surface area (TPSA) is 35.1 Å². The number of aliphatic imine (C=N–C) groups is 1. The van der Waals surface area contributed by atoms with Crippen LogP contribution in [-0.2, 0) is 5.41 Å². The number of allylic oxidation sites excluding steroid dienone is 2. The van der Waals surface area contributed by atoms with Crippen molar-refractivity contribution in [1.29, 1.82) is 0 Å². The molecule has 0 N–H and O–H groups in total. The molecule has 44 heavy (non-hydrogen) atoms. The minimum Gasteiger partial charge on any atom is -0.279 e. The second kappa shape index (κ2) is 8.65. The summed E-state index contributed by atoms with van der Waals surface area (Å²) in [6, 6.07) is 39.4. The van der Waals surface area contributed by atoms with Gasteiger partial charge in [0.05, 0.1) is 33.5 Å². The number of hydrogen-bond acceptors (Lipinski definition) is 3. The van der Waals surface area contributed by atoms with Gasteiger partial charge in [-0.3, -0.25) is 9.13 Å². The average Bonchev–Trinajstić information content (AvgIpc) is 3.75. The number of rotatable bonds is 1. The van der Waals surface area contributed by atoms with Gasteiger partial charge < -0.3 is 0 Å². The Balaban J connectivity index is 1.30. The number of benzene rings is 5. The summed E-state index contributed by atoms with van der Waals surface area (Å²) in [5, 5.41) is 5.06. The predicted octanol–water partition coefficient (Wildman–Crippen LogP) is 9.70. The lowest BCUT2D eigenvalue weighted by Gasteiger charge is -2.37. The zero-order chi connectivity index (χ0) is 29.0. The van der Waals surface area contributed by atoms with Gasteiger partial charge in [0, 0.05) is 30.9 Å². The molecule has 3 aromatic heterocycles. The Hall–Kier alpha value is -5.26. The van der Waals surface area contributed by atoms with Gasteiger partial charge in [0.25, 0.3) is 0 Å². The van der Waals surface area contributed by atoms with Crippen molar-refractivity contribution in [3.05, 3.63) is 139 Å². The van der Waals surface area contributed by atoms with E-state index in [1.165, 1.54) is 42.1 Å². The summed E-state index contributed by atoms with van der Waals surface area (Å²) in [6.45, 7) is 2.26. The highest BCUT2D eigenvalue weighted by atomic mass is 32.1. The largest absolute Gasteiger partial charge is 0.279 e. The van der Waals surface area contributed by atoms with Crippen molar-refractivity contribution in [3.63, 3.8) is 0 Å². The second-order valence-electron chi connectivity index (χ2n) is 12.0. The van der Waals surface area contributed by atoms with E-state index in [1.54, 1.807) is 0 Å². The minimum atomic E-state index is -0.335. The molecule has 8 aromatic rings. The van der Waals surface area contributed by atoms with E-state index in [4.69, 9.17) is 9.98 Å². The van der Waals surface area contributed by atoms with Crippen molar-refractivity contribution >= 4 is 70.3 Å². The first kappa shape index (κ1) is 24.2. The molecule has 5 heteroatoms. The number of imidazole rings is 1. The van der Waals surface area contributed by atoms with Gasteiger partial charge in [0.1, 0.15) is 5.82 Å². The van der Waals surface area contributed by atoms with Crippen molar-refractivity contribution in [2.45, 2.75) is 18.4 Å². The lowest BCUT2D eigenvalue weighted by molar-refractivity contribution is 0.469. The summed E-state index contributed by atoms with van der Waals surface area (Å²) in [5.41, 5.74) is 6.46. The van der Waals surface area contributed by atoms with Crippen LogP contribution in [0.15, 0.2) is 138 Å². The molecule has 0 radical (unpaired) electrons. The molecule has 2 atom stereocenters. The SMILES string of the molecule is CC12C=CC=CC1N=C(n1c3ccccc3c3ccc(-c4cccc5c4sc4ccccc45)cc31)n1c2nc2ccccc21. The van der Waals surface area contributed by atoms with Gasteiger partial charge in [-0.1, -0.05) is 103 Å². The Bertz CT molecular complexity index is 2590. The maximum Gasteiger partial charge on any atom is 0.216 e. The Kier molecular flexibility index (Phi) is 4.76. The maximum atomic E-state index is 5.53. The van der Waals surface area contributed by atoms with Gasteiger partial charge in [-0.25, -0.2) is 9.98 Å². The van der Waals surface area contributed by atoms with E-state index >= 15 is 0 Å². The standard InChI is InChI=1S/C39H26N4S/c1-39-22-9-8-19-35(39)41-38(43-32-17-6-4-15-30(32)40-37(39)43)42-31-16-5-2-11-26(31)27-21-20-24(23-33(27)42)25-13-10-14-29-28-12-3-7-18-34(28)44-36(25)29/h2-23,35H,1H3. The predicted molar refractivity (Wildman–Crippen MR) is 185 cm³/mol. The van der Waals surface area contributed by atoms with Crippen LogP contribution in [0, 0.1) is 0 Å². The molecule has 4 heterocycles. The quantitative estimate of drug-likeness (QED) is 0.190. The summed E-state index contributed by atoms with van der Waals surface area (Å²) < 4.78 is 7.30. The molecule has 2 unspecified atom stereocenters. The van der Waals surface area contributed by atoms with Crippen molar-refractivity contribution in [1.82, 2.24) is 14.1 Å². The number of para-hydroxylation sites is 3. The molecule has 1 aliphatic carbocycles. The zero-order valence-corrected chi connectivity index (χ0v) is 24.8. The van der Waals surface area contributed by atoms with Gasteiger partial charge in [-0.15, -0.1) is 11.3 Å². The fraction of sp³-hybridized carbons (Fsp3) is 0.0769. The molecule has 0 bridgehead atoms. The van der Waals surface area contributed by atoms with Gasteiger partial charge in [0.15, 0.2) is 0 Å². The summed E-state index contributed by atoms with van der Waals surface area (Å²) in [5.74, 6) is 1.91. The van der Waals surface area contributed by atoms with Crippen molar-refractivity contribution < 1.29 is 0 Å². The van der Waals surface area contributed by atoms with E-state index in [1.807, 2.05) is 11.3 Å². The monoisotopic (exact) mass is 582 g/mol. The van der Waals surface area contributed by atoms with E-state index in [0.717, 1.165) is 33.9 Å². The van der Waals surface area contributed by atoms with Gasteiger partial charge in [0.2, 0.25) is 5.96 Å². The number of nitrogens with zero attached hydrogens (tertiary/aromatic N) is 4. The second-order valence-corrected chi connectivity index (χ2v) is 13.1. The van der Waals surface area contributed by atoms with Crippen molar-refractivity contribution in [2.75, 3.05) is 0 Å². The highest BCUT2D eigenvalue weighted by Gasteiger charge is 2.43. The highest BCUT2D eigenvalue weighted by molar-refractivity contribution is 7.26. The van der Waals surface area contributed by atoms with Crippen LogP contribution < -0.4 is 0 Å². The van der Waals surface area contributed by atoms with Crippen LogP contribution in [0.4, 0.5) is 0 Å². The third-order valence-electron chi connectivity index (χ3n) is 9.55. The molecule has 0 saturated heterocycles. The first-order valence-electron chi connectivity index (χ1n) is 15.1. The molecule has 1 aliphatic heterocycles. The number of hydrogen-bond donors (Lipinski definition) is 0. The Morgan fingerprint density at radius 1 is 0.682 bits per heavy atom. The first-order chi connectivity index (χ1) is 21.7. The van der Waals surface area contributed by atoms with Crippen LogP contribution >= 0.6 is 11.3 Å². The first-order valence-corrected chi connectivity index (χ1v) is 15.9. The molecular formula is C39H26N4S. The highest BCUT2D eigenvalue weighted by Crippen LogP contribution is 2.43. The summed E-state index contributed by atoms with van der Waals surface area (Å²) in [4.78, 5) is 10.8. The normalized spacial score (nSPS) is 19.3. The molecule has 2 aliphatic rings. The number of aromatic nitrogens is 3. The number of thiophene rings is 1. The van der Waals surface area contributed by atoms with Gasteiger partial charge >= 0.3 is 0 Å². The van der Waals surface area contributed by atoms with Crippen LogP contribution in [0.5, 0.6) is 0 Å². The fourth-order valence-electron chi connectivity index (χ4n) is 7.36. The van der Waals surface area contributed by atoms with E-state index < -0.39 is 0 Å². The van der Waals surface area contributed by atoms with Crippen LogP contribution in [0.25, 0.3) is 64.1 Å². The Morgan fingerprint density at radius 2 is 1.45 bits per heavy atom. The molecule has 4 nitrogen and oxygen atoms in total. The Morgan fingerprint density at radius 3 is 2.39 bits per heavy atom. The number of fused-ring (bicyclic) bond motifs is 11. The van der Waals surface area contributed by atoms with E-state index in [0.29, 0.717) is 0 Å². The minimum absolute atomic E-state index is 0.0569. The van der Waals surface area contributed by atoms with Crippen molar-refractivity contribution in [2.24, 2.45) is 4.99 Å². The molecule has 0 amide bonds. The van der Waals surface area contributed by atoms with Gasteiger partial charge in [-0.05, 0) is 48.4 Å². The molecular weight excluding hydrogens is 557 g/mol. The molecule has 5 aromatic carbocycles. The summed E-state index contributed by atoms with van der Waals surface area (Å²) in [7, 11) is 0. The van der Waals surface area contributed by atoms with Crippen molar-refractivity contribution in [3.8, 4) is 11.1 Å². The molecule has 10 rings (SSSR count). The van der Waals surface area contributed by atoms with Crippen LogP contribution in [0.3, 0.4) is 0 Å². The van der Waals surface area contributed by atoms with Crippen LogP contribution in [-0.4, -0.2) is 26.1 Å². The third-order valence-corrected chi connectivity index (χ3v) is 10.8. The van der Waals surface area contributed by atoms with E-state index in [9.17, 15) is 0 Å². The maximum absolute atomic E-state index is 5.53. The lowest BCUT2D eigenvalue weighted by atomic mass is 9.78. The van der Waals surface area contributed by atoms with E-state index in [2.05, 4.69) is 150 Å². The molecule has 0 spiro atoms. The fourth-order valence-corrected chi connectivity index (χ4v) is 8.60. The zero-order valence-electron chi connectivity index (χ0n) is 24.0. The van der Waals surface area contributed by atoms with Gasteiger partial charge in [-0.2, -0.15) is 0 Å².